The summed E-state index contributed by atoms with van der Waals surface area (Å²) < 4.78 is 4.83. The third-order valence-corrected chi connectivity index (χ3v) is 5.17. The van der Waals surface area contributed by atoms with E-state index >= 15 is 0 Å². The molecule has 3 rings (SSSR count). The summed E-state index contributed by atoms with van der Waals surface area (Å²) in [6.45, 7) is 0.184. The lowest BCUT2D eigenvalue weighted by molar-refractivity contribution is -0.145. The highest BCUT2D eigenvalue weighted by Gasteiger charge is 2.23. The van der Waals surface area contributed by atoms with E-state index in [1.54, 1.807) is 12.1 Å². The molecule has 3 N–H and O–H groups in total. The highest BCUT2D eigenvalue weighted by Crippen LogP contribution is 2.19. The Kier molecular flexibility index (Phi) is 6.44. The second-order valence-electron chi connectivity index (χ2n) is 6.19. The van der Waals surface area contributed by atoms with Gasteiger partial charge in [0.2, 0.25) is 5.91 Å². The largest absolute Gasteiger partial charge is 0.467 e. The van der Waals surface area contributed by atoms with E-state index in [9.17, 15) is 14.4 Å². The zero-order valence-electron chi connectivity index (χ0n) is 15.4. The molecule has 0 bridgehead atoms. The van der Waals surface area contributed by atoms with Crippen LogP contribution in [0.15, 0.2) is 48.0 Å². The van der Waals surface area contributed by atoms with Crippen LogP contribution in [0.3, 0.4) is 0 Å². The number of nitrogens with one attached hydrogen (secondary N) is 3. The van der Waals surface area contributed by atoms with Crippen LogP contribution in [0.5, 0.6) is 0 Å². The Morgan fingerprint density at radius 2 is 2.00 bits per heavy atom. The van der Waals surface area contributed by atoms with Crippen molar-refractivity contribution in [1.29, 1.82) is 0 Å². The van der Waals surface area contributed by atoms with Crippen LogP contribution in [0, 0.1) is 0 Å². The van der Waals surface area contributed by atoms with Crippen molar-refractivity contribution in [3.05, 3.63) is 58.4 Å². The van der Waals surface area contributed by atoms with E-state index in [1.165, 1.54) is 18.4 Å². The number of benzene rings is 1. The lowest BCUT2D eigenvalue weighted by Gasteiger charge is -2.16. The molecule has 146 valence electrons. The van der Waals surface area contributed by atoms with E-state index in [1.807, 2.05) is 35.8 Å². The second-order valence-corrected chi connectivity index (χ2v) is 7.14. The number of carbonyl (C=O) groups excluding carboxylic acids is 3. The minimum Gasteiger partial charge on any atom is -0.467 e. The van der Waals surface area contributed by atoms with Gasteiger partial charge in [-0.15, -0.1) is 11.3 Å². The van der Waals surface area contributed by atoms with Gasteiger partial charge in [0.15, 0.2) is 0 Å². The van der Waals surface area contributed by atoms with Crippen molar-refractivity contribution in [1.82, 2.24) is 15.6 Å². The van der Waals surface area contributed by atoms with Crippen LogP contribution in [0.4, 0.5) is 0 Å². The zero-order valence-corrected chi connectivity index (χ0v) is 16.2. The van der Waals surface area contributed by atoms with E-state index in [4.69, 9.17) is 4.74 Å². The number of H-pyrrole nitrogens is 1. The van der Waals surface area contributed by atoms with Crippen molar-refractivity contribution in [3.63, 3.8) is 0 Å². The van der Waals surface area contributed by atoms with Crippen molar-refractivity contribution < 1.29 is 19.1 Å². The number of ether oxygens (including phenoxy) is 1. The van der Waals surface area contributed by atoms with Gasteiger partial charge in [-0.2, -0.15) is 0 Å². The molecule has 0 spiro atoms. The Labute approximate surface area is 166 Å². The monoisotopic (exact) mass is 399 g/mol. The molecule has 8 heteroatoms. The number of rotatable bonds is 8. The van der Waals surface area contributed by atoms with Gasteiger partial charge in [0.1, 0.15) is 6.04 Å². The summed E-state index contributed by atoms with van der Waals surface area (Å²) in [5, 5.41) is 8.20. The molecule has 0 aliphatic rings. The van der Waals surface area contributed by atoms with Crippen LogP contribution in [0.2, 0.25) is 0 Å². The predicted octanol–water partition coefficient (Wildman–Crippen LogP) is 2.25. The highest BCUT2D eigenvalue weighted by atomic mass is 32.1. The van der Waals surface area contributed by atoms with Gasteiger partial charge in [0.25, 0.3) is 5.91 Å². The van der Waals surface area contributed by atoms with Crippen molar-refractivity contribution in [2.75, 3.05) is 13.7 Å². The number of aromatic nitrogens is 1. The van der Waals surface area contributed by atoms with E-state index in [0.717, 1.165) is 16.5 Å². The average molecular weight is 399 g/mol. The Balaban J connectivity index is 1.57. The molecule has 2 heterocycles. The molecule has 0 saturated carbocycles. The maximum Gasteiger partial charge on any atom is 0.328 e. The van der Waals surface area contributed by atoms with Gasteiger partial charge >= 0.3 is 5.97 Å². The molecule has 28 heavy (non-hydrogen) atoms. The van der Waals surface area contributed by atoms with Gasteiger partial charge < -0.3 is 20.4 Å². The minimum atomic E-state index is -0.801. The van der Waals surface area contributed by atoms with Gasteiger partial charge in [0, 0.05) is 36.5 Å². The molecule has 2 amide bonds. The Hall–Kier alpha value is -3.13. The summed E-state index contributed by atoms with van der Waals surface area (Å²) in [7, 11) is 1.29. The molecule has 0 unspecified atom stereocenters. The summed E-state index contributed by atoms with van der Waals surface area (Å²) in [5.41, 5.74) is 1.88. The van der Waals surface area contributed by atoms with Crippen molar-refractivity contribution >= 4 is 40.0 Å². The quantitative estimate of drug-likeness (QED) is 0.506. The molecular formula is C20H21N3O4S. The number of fused-ring (bicyclic) bond motifs is 1. The fraction of sp³-hybridized carbons (Fsp3) is 0.250. The topological polar surface area (TPSA) is 100 Å². The Morgan fingerprint density at radius 3 is 2.75 bits per heavy atom. The summed E-state index contributed by atoms with van der Waals surface area (Å²) in [5.74, 6) is -1.06. The average Bonchev–Trinajstić information content (AvgIpc) is 3.37. The molecule has 3 aromatic rings. The fourth-order valence-electron chi connectivity index (χ4n) is 2.91. The molecule has 0 aliphatic carbocycles. The zero-order chi connectivity index (χ0) is 19.9. The molecular weight excluding hydrogens is 378 g/mol. The first-order valence-electron chi connectivity index (χ1n) is 8.82. The van der Waals surface area contributed by atoms with Crippen LogP contribution in [-0.4, -0.2) is 42.5 Å². The third kappa shape index (κ3) is 4.77. The van der Waals surface area contributed by atoms with Gasteiger partial charge in [0.05, 0.1) is 12.0 Å². The Morgan fingerprint density at radius 1 is 1.18 bits per heavy atom. The number of carbonyl (C=O) groups is 3. The molecule has 0 radical (unpaired) electrons. The molecule has 0 aliphatic heterocycles. The number of esters is 1. The summed E-state index contributed by atoms with van der Waals surface area (Å²) >= 11 is 1.33. The lowest BCUT2D eigenvalue weighted by Crippen LogP contribution is -2.44. The first-order valence-corrected chi connectivity index (χ1v) is 9.70. The number of methoxy groups -OCH3 is 1. The normalized spacial score (nSPS) is 11.8. The number of thiophene rings is 1. The third-order valence-electron chi connectivity index (χ3n) is 4.30. The molecule has 1 aromatic carbocycles. The van der Waals surface area contributed by atoms with Crippen LogP contribution >= 0.6 is 11.3 Å². The fourth-order valence-corrected chi connectivity index (χ4v) is 3.55. The van der Waals surface area contributed by atoms with E-state index in [2.05, 4.69) is 15.6 Å². The van der Waals surface area contributed by atoms with Crippen molar-refractivity contribution in [3.8, 4) is 0 Å². The number of para-hydroxylation sites is 1. The summed E-state index contributed by atoms with van der Waals surface area (Å²) in [6, 6.07) is 10.4. The molecule has 0 fully saturated rings. The smallest absolute Gasteiger partial charge is 0.328 e. The van der Waals surface area contributed by atoms with Gasteiger partial charge in [-0.05, 0) is 23.1 Å². The Bertz CT molecular complexity index is 965. The van der Waals surface area contributed by atoms with Crippen LogP contribution in [0.25, 0.3) is 10.9 Å². The van der Waals surface area contributed by atoms with Crippen LogP contribution < -0.4 is 10.6 Å². The minimum absolute atomic E-state index is 0.0680. The molecule has 1 atom stereocenters. The lowest BCUT2D eigenvalue weighted by atomic mass is 10.0. The van der Waals surface area contributed by atoms with Crippen LogP contribution in [-0.2, 0) is 20.7 Å². The predicted molar refractivity (Wildman–Crippen MR) is 107 cm³/mol. The number of aromatic amines is 1. The van der Waals surface area contributed by atoms with Crippen molar-refractivity contribution in [2.24, 2.45) is 0 Å². The summed E-state index contributed by atoms with van der Waals surface area (Å²) in [6.07, 6.45) is 2.20. The van der Waals surface area contributed by atoms with Crippen LogP contribution in [0.1, 0.15) is 21.7 Å². The molecule has 0 saturated heterocycles. The number of amides is 2. The first kappa shape index (κ1) is 19.6. The maximum absolute atomic E-state index is 12.3. The van der Waals surface area contributed by atoms with E-state index < -0.39 is 12.0 Å². The maximum atomic E-state index is 12.3. The van der Waals surface area contributed by atoms with E-state index in [0.29, 0.717) is 11.3 Å². The molecule has 2 aromatic heterocycles. The standard InChI is InChI=1S/C20H21N3O4S/c1-27-20(26)16(11-13-12-22-15-6-3-2-5-14(13)15)23-18(24)8-9-21-19(25)17-7-4-10-28-17/h2-7,10,12,16,22H,8-9,11H2,1H3,(H,21,25)(H,23,24)/t16-/m1/s1. The van der Waals surface area contributed by atoms with Crippen molar-refractivity contribution in [2.45, 2.75) is 18.9 Å². The van der Waals surface area contributed by atoms with E-state index in [-0.39, 0.29) is 24.8 Å². The second kappa shape index (κ2) is 9.18. The number of hydrogen-bond acceptors (Lipinski definition) is 5. The first-order chi connectivity index (χ1) is 13.6. The molecule has 7 nitrogen and oxygen atoms in total. The van der Waals surface area contributed by atoms with Gasteiger partial charge in [-0.25, -0.2) is 4.79 Å². The summed E-state index contributed by atoms with van der Waals surface area (Å²) in [4.78, 5) is 40.0. The van der Waals surface area contributed by atoms with Gasteiger partial charge in [-0.3, -0.25) is 9.59 Å². The highest BCUT2D eigenvalue weighted by molar-refractivity contribution is 7.12. The van der Waals surface area contributed by atoms with Gasteiger partial charge in [-0.1, -0.05) is 24.3 Å². The number of hydrogen-bond donors (Lipinski definition) is 3. The SMILES string of the molecule is COC(=O)[C@@H](Cc1c[nH]c2ccccc12)NC(=O)CCNC(=O)c1cccs1.